The van der Waals surface area contributed by atoms with Crippen LogP contribution in [0.4, 0.5) is 0 Å². The summed E-state index contributed by atoms with van der Waals surface area (Å²) in [5.41, 5.74) is 5.43. The lowest BCUT2D eigenvalue weighted by molar-refractivity contribution is -0.123. The fourth-order valence-electron chi connectivity index (χ4n) is 2.64. The zero-order valence-corrected chi connectivity index (χ0v) is 17.7. The Morgan fingerprint density at radius 2 is 2.07 bits per heavy atom. The number of nitrogens with zero attached hydrogens (tertiary/aromatic N) is 2. The van der Waals surface area contributed by atoms with Gasteiger partial charge in [0.15, 0.2) is 6.61 Å². The Labute approximate surface area is 180 Å². The van der Waals surface area contributed by atoms with Crippen LogP contribution >= 0.6 is 11.8 Å². The van der Waals surface area contributed by atoms with Crippen LogP contribution in [-0.4, -0.2) is 30.8 Å². The Morgan fingerprint density at radius 3 is 2.83 bits per heavy atom. The van der Waals surface area contributed by atoms with Gasteiger partial charge in [0, 0.05) is 17.5 Å². The van der Waals surface area contributed by atoms with E-state index in [1.54, 1.807) is 31.3 Å². The maximum atomic E-state index is 11.9. The van der Waals surface area contributed by atoms with Gasteiger partial charge in [-0.05, 0) is 60.5 Å². The van der Waals surface area contributed by atoms with Gasteiger partial charge >= 0.3 is 0 Å². The number of pyridine rings is 1. The number of rotatable bonds is 9. The average molecular weight is 422 g/mol. The Bertz CT molecular complexity index is 1010. The van der Waals surface area contributed by atoms with Gasteiger partial charge in [-0.2, -0.15) is 5.10 Å². The van der Waals surface area contributed by atoms with Crippen molar-refractivity contribution >= 4 is 23.9 Å². The first-order valence-corrected chi connectivity index (χ1v) is 10.3. The molecule has 7 heteroatoms. The van der Waals surface area contributed by atoms with Gasteiger partial charge in [-0.15, -0.1) is 11.8 Å². The van der Waals surface area contributed by atoms with Gasteiger partial charge in [0.1, 0.15) is 11.5 Å². The number of hydrogen-bond donors (Lipinski definition) is 1. The Kier molecular flexibility index (Phi) is 7.86. The number of carbonyl (C=O) groups excluding carboxylic acids is 1. The maximum absolute atomic E-state index is 11.9. The third-order valence-corrected chi connectivity index (χ3v) is 5.07. The van der Waals surface area contributed by atoms with Crippen molar-refractivity contribution in [1.82, 2.24) is 10.4 Å². The van der Waals surface area contributed by atoms with E-state index in [0.29, 0.717) is 11.5 Å². The van der Waals surface area contributed by atoms with Crippen LogP contribution in [0.5, 0.6) is 11.5 Å². The normalized spacial score (nSPS) is 10.7. The second kappa shape index (κ2) is 11.0. The molecule has 0 radical (unpaired) electrons. The van der Waals surface area contributed by atoms with Crippen LogP contribution in [-0.2, 0) is 10.5 Å². The molecule has 3 aromatic rings. The van der Waals surface area contributed by atoms with Gasteiger partial charge in [0.05, 0.1) is 18.4 Å². The number of benzene rings is 2. The largest absolute Gasteiger partial charge is 0.496 e. The van der Waals surface area contributed by atoms with Crippen LogP contribution in [0.3, 0.4) is 0 Å². The summed E-state index contributed by atoms with van der Waals surface area (Å²) >= 11 is 1.62. The van der Waals surface area contributed by atoms with Crippen LogP contribution in [0.15, 0.2) is 77.0 Å². The number of ether oxygens (including phenoxy) is 2. The SMILES string of the molecule is COc1ccc(/C=N\NC(=O)COc2cccc(C)c2)cc1CSc1ccccn1. The molecule has 0 saturated carbocycles. The number of hydrazone groups is 1. The molecule has 1 N–H and O–H groups in total. The van der Waals surface area contributed by atoms with Gasteiger partial charge in [-0.3, -0.25) is 4.79 Å². The van der Waals surface area contributed by atoms with Crippen LogP contribution < -0.4 is 14.9 Å². The summed E-state index contributed by atoms with van der Waals surface area (Å²) in [6.07, 6.45) is 3.37. The molecule has 154 valence electrons. The third kappa shape index (κ3) is 6.63. The minimum atomic E-state index is -0.327. The monoisotopic (exact) mass is 421 g/mol. The molecule has 30 heavy (non-hydrogen) atoms. The van der Waals surface area contributed by atoms with E-state index in [4.69, 9.17) is 9.47 Å². The second-order valence-corrected chi connectivity index (χ2v) is 7.42. The molecule has 1 aromatic heterocycles. The quantitative estimate of drug-likeness (QED) is 0.318. The van der Waals surface area contributed by atoms with E-state index in [9.17, 15) is 4.79 Å². The first-order chi connectivity index (χ1) is 14.6. The molecule has 0 bridgehead atoms. The first-order valence-electron chi connectivity index (χ1n) is 9.36. The van der Waals surface area contributed by atoms with Crippen molar-refractivity contribution in [3.05, 3.63) is 83.6 Å². The molecule has 0 atom stereocenters. The summed E-state index contributed by atoms with van der Waals surface area (Å²) in [5.74, 6) is 1.83. The minimum Gasteiger partial charge on any atom is -0.496 e. The Hall–Kier alpha value is -3.32. The van der Waals surface area contributed by atoms with E-state index in [-0.39, 0.29) is 12.5 Å². The lowest BCUT2D eigenvalue weighted by atomic mass is 10.1. The molecule has 0 unspecified atom stereocenters. The predicted octanol–water partition coefficient (Wildman–Crippen LogP) is 4.22. The number of amides is 1. The summed E-state index contributed by atoms with van der Waals surface area (Å²) in [4.78, 5) is 16.3. The summed E-state index contributed by atoms with van der Waals surface area (Å²) in [6, 6.07) is 19.1. The Morgan fingerprint density at radius 1 is 1.17 bits per heavy atom. The fourth-order valence-corrected chi connectivity index (χ4v) is 3.48. The van der Waals surface area contributed by atoms with Crippen LogP contribution in [0, 0.1) is 6.92 Å². The van der Waals surface area contributed by atoms with Gasteiger partial charge in [0.2, 0.25) is 0 Å². The number of carbonyl (C=O) groups is 1. The van der Waals surface area contributed by atoms with Gasteiger partial charge in [0.25, 0.3) is 5.91 Å². The van der Waals surface area contributed by atoms with E-state index in [2.05, 4.69) is 15.5 Å². The molecule has 0 aliphatic heterocycles. The number of nitrogens with one attached hydrogen (secondary N) is 1. The van der Waals surface area contributed by atoms with Crippen LogP contribution in [0.2, 0.25) is 0 Å². The molecule has 1 amide bonds. The lowest BCUT2D eigenvalue weighted by Gasteiger charge is -2.09. The van der Waals surface area contributed by atoms with Crippen molar-refractivity contribution in [2.45, 2.75) is 17.7 Å². The highest BCUT2D eigenvalue weighted by atomic mass is 32.2. The highest BCUT2D eigenvalue weighted by molar-refractivity contribution is 7.98. The van der Waals surface area contributed by atoms with E-state index >= 15 is 0 Å². The predicted molar refractivity (Wildman–Crippen MR) is 119 cm³/mol. The average Bonchev–Trinajstić information content (AvgIpc) is 2.77. The number of methoxy groups -OCH3 is 1. The number of thioether (sulfide) groups is 1. The van der Waals surface area contributed by atoms with E-state index < -0.39 is 0 Å². The molecule has 0 aliphatic rings. The summed E-state index contributed by atoms with van der Waals surface area (Å²) in [6.45, 7) is 1.87. The molecule has 0 spiro atoms. The van der Waals surface area contributed by atoms with Crippen molar-refractivity contribution in [2.75, 3.05) is 13.7 Å². The third-order valence-electron chi connectivity index (χ3n) is 4.08. The number of hydrogen-bond acceptors (Lipinski definition) is 6. The highest BCUT2D eigenvalue weighted by Crippen LogP contribution is 2.27. The molecule has 1 heterocycles. The number of aromatic nitrogens is 1. The molecule has 0 saturated heterocycles. The molecule has 0 aliphatic carbocycles. The van der Waals surface area contributed by atoms with Crippen molar-refractivity contribution < 1.29 is 14.3 Å². The standard InChI is InChI=1S/C23H23N3O3S/c1-17-6-5-7-20(12-17)29-15-22(27)26-25-14-18-9-10-21(28-2)19(13-18)16-30-23-8-3-4-11-24-23/h3-14H,15-16H2,1-2H3,(H,26,27)/b25-14-. The molecule has 3 rings (SSSR count). The first kappa shape index (κ1) is 21.4. The van der Waals surface area contributed by atoms with Crippen molar-refractivity contribution in [1.29, 1.82) is 0 Å². The van der Waals surface area contributed by atoms with E-state index in [1.807, 2.05) is 67.6 Å². The molecule has 2 aromatic carbocycles. The van der Waals surface area contributed by atoms with Crippen molar-refractivity contribution in [2.24, 2.45) is 5.10 Å². The van der Waals surface area contributed by atoms with Gasteiger partial charge in [-0.1, -0.05) is 18.2 Å². The van der Waals surface area contributed by atoms with E-state index in [1.165, 1.54) is 0 Å². The maximum Gasteiger partial charge on any atom is 0.277 e. The van der Waals surface area contributed by atoms with Crippen LogP contribution in [0.1, 0.15) is 16.7 Å². The van der Waals surface area contributed by atoms with Crippen molar-refractivity contribution in [3.8, 4) is 11.5 Å². The molecular formula is C23H23N3O3S. The lowest BCUT2D eigenvalue weighted by Crippen LogP contribution is -2.24. The second-order valence-electron chi connectivity index (χ2n) is 6.43. The van der Waals surface area contributed by atoms with Gasteiger partial charge in [-0.25, -0.2) is 10.4 Å². The zero-order valence-electron chi connectivity index (χ0n) is 16.9. The minimum absolute atomic E-state index is 0.102. The molecule has 0 fully saturated rings. The van der Waals surface area contributed by atoms with E-state index in [0.717, 1.165) is 27.5 Å². The Balaban J connectivity index is 1.54. The summed E-state index contributed by atoms with van der Waals surface area (Å²) in [7, 11) is 1.65. The van der Waals surface area contributed by atoms with Crippen LogP contribution in [0.25, 0.3) is 0 Å². The molecular weight excluding hydrogens is 398 g/mol. The topological polar surface area (TPSA) is 72.8 Å². The van der Waals surface area contributed by atoms with Crippen molar-refractivity contribution in [3.63, 3.8) is 0 Å². The fraction of sp³-hybridized carbons (Fsp3) is 0.174. The van der Waals surface area contributed by atoms with Gasteiger partial charge < -0.3 is 9.47 Å². The number of aryl methyl sites for hydroxylation is 1. The summed E-state index contributed by atoms with van der Waals surface area (Å²) in [5, 5.41) is 4.97. The summed E-state index contributed by atoms with van der Waals surface area (Å²) < 4.78 is 10.9. The smallest absolute Gasteiger partial charge is 0.277 e. The molecule has 6 nitrogen and oxygen atoms in total. The zero-order chi connectivity index (χ0) is 21.2. The highest BCUT2D eigenvalue weighted by Gasteiger charge is 2.06.